The van der Waals surface area contributed by atoms with E-state index in [0.717, 1.165) is 23.1 Å². The van der Waals surface area contributed by atoms with Crippen LogP contribution in [0.4, 0.5) is 0 Å². The molecule has 0 spiro atoms. The van der Waals surface area contributed by atoms with Gasteiger partial charge in [-0.2, -0.15) is 4.72 Å². The molecule has 1 unspecified atom stereocenters. The van der Waals surface area contributed by atoms with Crippen molar-refractivity contribution in [2.75, 3.05) is 7.11 Å². The molecular weight excluding hydrogens is 434 g/mol. The third-order valence-electron chi connectivity index (χ3n) is 4.92. The van der Waals surface area contributed by atoms with Crippen LogP contribution < -0.4 is 4.72 Å². The summed E-state index contributed by atoms with van der Waals surface area (Å²) in [6, 6.07) is 22.7. The molecule has 0 saturated carbocycles. The number of nitrogens with one attached hydrogen (secondary N) is 1. The number of esters is 1. The Labute approximate surface area is 188 Å². The maximum Gasteiger partial charge on any atom is 0.305 e. The lowest BCUT2D eigenvalue weighted by Crippen LogP contribution is -2.29. The highest BCUT2D eigenvalue weighted by Crippen LogP contribution is 2.26. The first-order valence-electron chi connectivity index (χ1n) is 9.87. The minimum Gasteiger partial charge on any atom is -0.469 e. The summed E-state index contributed by atoms with van der Waals surface area (Å²) in [5.74, 6) is -0.225. The van der Waals surface area contributed by atoms with E-state index in [2.05, 4.69) is 9.46 Å². The van der Waals surface area contributed by atoms with E-state index in [1.54, 1.807) is 12.1 Å². The predicted octanol–water partition coefficient (Wildman–Crippen LogP) is 4.90. The number of hydrogen-bond acceptors (Lipinski definition) is 4. The monoisotopic (exact) mass is 457 g/mol. The number of benzene rings is 3. The van der Waals surface area contributed by atoms with Gasteiger partial charge in [-0.1, -0.05) is 66.2 Å². The largest absolute Gasteiger partial charge is 0.469 e. The van der Waals surface area contributed by atoms with Crippen LogP contribution in [0.1, 0.15) is 35.6 Å². The quantitative estimate of drug-likeness (QED) is 0.463. The summed E-state index contributed by atoms with van der Waals surface area (Å²) < 4.78 is 33.5. The van der Waals surface area contributed by atoms with Gasteiger partial charge in [0.2, 0.25) is 10.0 Å². The number of sulfonamides is 1. The first-order valence-corrected chi connectivity index (χ1v) is 11.7. The van der Waals surface area contributed by atoms with E-state index in [1.165, 1.54) is 19.2 Å². The van der Waals surface area contributed by atoms with Gasteiger partial charge in [-0.25, -0.2) is 8.42 Å². The summed E-state index contributed by atoms with van der Waals surface area (Å²) in [4.78, 5) is 11.4. The van der Waals surface area contributed by atoms with Crippen molar-refractivity contribution in [3.63, 3.8) is 0 Å². The Hall–Kier alpha value is -2.67. The molecule has 0 bridgehead atoms. The van der Waals surface area contributed by atoms with Crippen LogP contribution in [-0.4, -0.2) is 21.5 Å². The molecule has 1 N–H and O–H groups in total. The van der Waals surface area contributed by atoms with Crippen LogP contribution in [0.3, 0.4) is 0 Å². The first-order chi connectivity index (χ1) is 14.9. The summed E-state index contributed by atoms with van der Waals surface area (Å²) in [6.07, 6.45) is 1.80. The average molecular weight is 458 g/mol. The molecule has 7 heteroatoms. The van der Waals surface area contributed by atoms with E-state index in [9.17, 15) is 13.2 Å². The summed E-state index contributed by atoms with van der Waals surface area (Å²) in [6.45, 7) is 0. The number of carbonyl (C=O) groups excluding carboxylic acids is 1. The van der Waals surface area contributed by atoms with Crippen LogP contribution in [0.15, 0.2) is 83.8 Å². The van der Waals surface area contributed by atoms with Gasteiger partial charge in [-0.3, -0.25) is 4.79 Å². The molecular formula is C24H24ClNO4S. The summed E-state index contributed by atoms with van der Waals surface area (Å²) in [5.41, 5.74) is 2.72. The lowest BCUT2D eigenvalue weighted by Gasteiger charge is -2.20. The van der Waals surface area contributed by atoms with Crippen molar-refractivity contribution >= 4 is 27.6 Å². The van der Waals surface area contributed by atoms with Crippen molar-refractivity contribution in [1.82, 2.24) is 4.72 Å². The van der Waals surface area contributed by atoms with E-state index in [4.69, 9.17) is 11.6 Å². The van der Waals surface area contributed by atoms with Gasteiger partial charge in [0, 0.05) is 11.4 Å². The topological polar surface area (TPSA) is 72.5 Å². The normalized spacial score (nSPS) is 12.3. The molecule has 31 heavy (non-hydrogen) atoms. The molecule has 162 valence electrons. The van der Waals surface area contributed by atoms with Crippen LogP contribution in [0, 0.1) is 0 Å². The first kappa shape index (κ1) is 23.0. The SMILES string of the molecule is COC(=O)CCCc1ccc(C(NS(=O)(=O)c2ccc(Cl)cc2)c2ccccc2)cc1. The fraction of sp³-hybridized carbons (Fsp3) is 0.208. The van der Waals surface area contributed by atoms with Gasteiger partial charge in [0.15, 0.2) is 0 Å². The fourth-order valence-electron chi connectivity index (χ4n) is 3.23. The molecule has 0 heterocycles. The number of rotatable bonds is 9. The van der Waals surface area contributed by atoms with Gasteiger partial charge in [-0.05, 0) is 53.8 Å². The van der Waals surface area contributed by atoms with Gasteiger partial charge in [0.05, 0.1) is 18.0 Å². The second kappa shape index (κ2) is 10.6. The zero-order valence-corrected chi connectivity index (χ0v) is 18.7. The van der Waals surface area contributed by atoms with Crippen molar-refractivity contribution < 1.29 is 17.9 Å². The molecule has 5 nitrogen and oxygen atoms in total. The molecule has 3 aromatic carbocycles. The number of ether oxygens (including phenoxy) is 1. The van der Waals surface area contributed by atoms with Gasteiger partial charge < -0.3 is 4.74 Å². The van der Waals surface area contributed by atoms with Crippen molar-refractivity contribution in [1.29, 1.82) is 0 Å². The smallest absolute Gasteiger partial charge is 0.305 e. The highest BCUT2D eigenvalue weighted by molar-refractivity contribution is 7.89. The zero-order chi connectivity index (χ0) is 22.3. The van der Waals surface area contributed by atoms with Crippen LogP contribution in [0.2, 0.25) is 5.02 Å². The maximum absolute atomic E-state index is 13.0. The number of carbonyl (C=O) groups is 1. The molecule has 0 fully saturated rings. The Morgan fingerprint density at radius 1 is 0.935 bits per heavy atom. The second-order valence-corrected chi connectivity index (χ2v) is 9.24. The molecule has 0 aliphatic heterocycles. The standard InChI is InChI=1S/C24H24ClNO4S/c1-30-23(27)9-5-6-18-10-12-20(13-11-18)24(19-7-3-2-4-8-19)26-31(28,29)22-16-14-21(25)15-17-22/h2-4,7-8,10-17,24,26H,5-6,9H2,1H3. The molecule has 0 aliphatic rings. The molecule has 0 radical (unpaired) electrons. The van der Waals surface area contributed by atoms with E-state index < -0.39 is 16.1 Å². The van der Waals surface area contributed by atoms with E-state index in [1.807, 2.05) is 54.6 Å². The second-order valence-electron chi connectivity index (χ2n) is 7.09. The van der Waals surface area contributed by atoms with Crippen LogP contribution in [-0.2, 0) is 26.0 Å². The molecule has 0 amide bonds. The number of hydrogen-bond donors (Lipinski definition) is 1. The summed E-state index contributed by atoms with van der Waals surface area (Å²) in [7, 11) is -2.39. The van der Waals surface area contributed by atoms with Gasteiger partial charge in [0.25, 0.3) is 0 Å². The maximum atomic E-state index is 13.0. The number of methoxy groups -OCH3 is 1. The van der Waals surface area contributed by atoms with Gasteiger partial charge in [0.1, 0.15) is 0 Å². The molecule has 0 saturated heterocycles. The summed E-state index contributed by atoms with van der Waals surface area (Å²) in [5, 5.41) is 0.473. The summed E-state index contributed by atoms with van der Waals surface area (Å²) >= 11 is 5.89. The lowest BCUT2D eigenvalue weighted by atomic mass is 9.97. The lowest BCUT2D eigenvalue weighted by molar-refractivity contribution is -0.140. The van der Waals surface area contributed by atoms with E-state index in [0.29, 0.717) is 17.9 Å². The molecule has 1 atom stereocenters. The Bertz CT molecular complexity index is 1100. The third kappa shape index (κ3) is 6.40. The zero-order valence-electron chi connectivity index (χ0n) is 17.1. The minimum atomic E-state index is -3.77. The average Bonchev–Trinajstić information content (AvgIpc) is 2.79. The molecule has 0 aliphatic carbocycles. The van der Waals surface area contributed by atoms with Crippen molar-refractivity contribution in [2.45, 2.75) is 30.2 Å². The van der Waals surface area contributed by atoms with Crippen LogP contribution in [0.5, 0.6) is 0 Å². The Kier molecular flexibility index (Phi) is 7.85. The third-order valence-corrected chi connectivity index (χ3v) is 6.61. The minimum absolute atomic E-state index is 0.150. The van der Waals surface area contributed by atoms with Crippen molar-refractivity contribution in [3.05, 3.63) is 101 Å². The van der Waals surface area contributed by atoms with Crippen molar-refractivity contribution in [2.24, 2.45) is 0 Å². The van der Waals surface area contributed by atoms with E-state index >= 15 is 0 Å². The van der Waals surface area contributed by atoms with Crippen LogP contribution in [0.25, 0.3) is 0 Å². The Balaban J connectivity index is 1.83. The Morgan fingerprint density at radius 3 is 2.16 bits per heavy atom. The van der Waals surface area contributed by atoms with Gasteiger partial charge in [-0.15, -0.1) is 0 Å². The van der Waals surface area contributed by atoms with Gasteiger partial charge >= 0.3 is 5.97 Å². The Morgan fingerprint density at radius 2 is 1.55 bits per heavy atom. The molecule has 0 aromatic heterocycles. The predicted molar refractivity (Wildman–Crippen MR) is 121 cm³/mol. The molecule has 3 aromatic rings. The highest BCUT2D eigenvalue weighted by Gasteiger charge is 2.23. The molecule has 3 rings (SSSR count). The fourth-order valence-corrected chi connectivity index (χ4v) is 4.57. The van der Waals surface area contributed by atoms with Crippen LogP contribution >= 0.6 is 11.6 Å². The number of aryl methyl sites for hydroxylation is 1. The highest BCUT2D eigenvalue weighted by atomic mass is 35.5. The van der Waals surface area contributed by atoms with Crippen molar-refractivity contribution in [3.8, 4) is 0 Å². The number of halogens is 1. The van der Waals surface area contributed by atoms with E-state index in [-0.39, 0.29) is 10.9 Å².